The molecule has 198 valence electrons. The molecule has 4 saturated carbocycles. The van der Waals surface area contributed by atoms with Crippen molar-refractivity contribution >= 4 is 5.78 Å². The molecule has 0 N–H and O–H groups in total. The predicted molar refractivity (Wildman–Crippen MR) is 145 cm³/mol. The summed E-state index contributed by atoms with van der Waals surface area (Å²) in [6.45, 7) is 16.4. The van der Waals surface area contributed by atoms with Crippen molar-refractivity contribution in [2.75, 3.05) is 0 Å². The zero-order chi connectivity index (χ0) is 25.2. The van der Waals surface area contributed by atoms with Crippen LogP contribution < -0.4 is 0 Å². The topological polar surface area (TPSA) is 29.6 Å². The first-order chi connectivity index (χ1) is 16.6. The molecule has 0 amide bonds. The summed E-state index contributed by atoms with van der Waals surface area (Å²) in [7, 11) is 0. The average molecular weight is 483 g/mol. The lowest BCUT2D eigenvalue weighted by Gasteiger charge is -2.64. The fourth-order valence-corrected chi connectivity index (χ4v) is 10.7. The Morgan fingerprint density at radius 1 is 0.971 bits per heavy atom. The highest BCUT2D eigenvalue weighted by molar-refractivity contribution is 5.91. The van der Waals surface area contributed by atoms with Gasteiger partial charge in [-0.15, -0.1) is 0 Å². The first kappa shape index (κ1) is 26.0. The van der Waals surface area contributed by atoms with Gasteiger partial charge in [-0.1, -0.05) is 53.0 Å². The summed E-state index contributed by atoms with van der Waals surface area (Å²) in [6.07, 6.45) is 18.5. The molecule has 5 aliphatic carbocycles. The number of ketones is 1. The highest BCUT2D eigenvalue weighted by Crippen LogP contribution is 2.71. The maximum absolute atomic E-state index is 12.5. The Bertz CT molecular complexity index is 840. The molecule has 1 heterocycles. The Hall–Kier alpha value is -0.630. The minimum Gasteiger partial charge on any atom is -0.367 e. The zero-order valence-electron chi connectivity index (χ0n) is 24.0. The van der Waals surface area contributed by atoms with Crippen molar-refractivity contribution in [3.8, 4) is 0 Å². The van der Waals surface area contributed by atoms with E-state index in [2.05, 4.69) is 40.7 Å². The maximum atomic E-state index is 12.5. The number of allylic oxidation sites excluding steroid dienone is 1. The van der Waals surface area contributed by atoms with Crippen LogP contribution in [0, 0.1) is 52.3 Å². The molecule has 10 atom stereocenters. The third-order valence-electron chi connectivity index (χ3n) is 12.5. The van der Waals surface area contributed by atoms with E-state index in [1.165, 1.54) is 64.2 Å². The van der Waals surface area contributed by atoms with Crippen LogP contribution in [0.1, 0.15) is 126 Å². The number of hydrogen-bond donors (Lipinski definition) is 0. The van der Waals surface area contributed by atoms with Crippen LogP contribution >= 0.6 is 0 Å². The highest BCUT2D eigenvalue weighted by Gasteiger charge is 2.63. The van der Waals surface area contributed by atoms with Gasteiger partial charge < -0.3 is 4.74 Å². The van der Waals surface area contributed by atoms with Crippen LogP contribution in [-0.2, 0) is 9.53 Å². The van der Waals surface area contributed by atoms with Gasteiger partial charge in [0.15, 0.2) is 5.78 Å². The summed E-state index contributed by atoms with van der Waals surface area (Å²) < 4.78 is 5.92. The SMILES string of the molecule is CC.CC(CCC1OC1(C)C)C1CC[C@H]2C3C4CCCCC4C4=CC(=O)CCC4(C)[C@H]3CCC12C. The summed E-state index contributed by atoms with van der Waals surface area (Å²) in [5, 5.41) is 0. The normalized spacial score (nSPS) is 48.3. The third kappa shape index (κ3) is 4.11. The molecule has 1 aliphatic heterocycles. The van der Waals surface area contributed by atoms with E-state index in [-0.39, 0.29) is 5.60 Å². The Kier molecular flexibility index (Phi) is 6.90. The number of carbonyl (C=O) groups is 1. The molecule has 2 heteroatoms. The molecule has 0 bridgehead atoms. The second-order valence-electron chi connectivity index (χ2n) is 14.3. The minimum absolute atomic E-state index is 0.139. The molecule has 5 fully saturated rings. The number of ether oxygens (including phenoxy) is 1. The molecule has 1 saturated heterocycles. The van der Waals surface area contributed by atoms with E-state index < -0.39 is 0 Å². The van der Waals surface area contributed by atoms with Gasteiger partial charge in [0.1, 0.15) is 0 Å². The number of carbonyl (C=O) groups excluding carboxylic acids is 1. The molecule has 35 heavy (non-hydrogen) atoms. The Morgan fingerprint density at radius 2 is 1.69 bits per heavy atom. The van der Waals surface area contributed by atoms with Gasteiger partial charge in [-0.3, -0.25) is 4.79 Å². The van der Waals surface area contributed by atoms with Crippen LogP contribution in [-0.4, -0.2) is 17.5 Å². The number of rotatable bonds is 4. The first-order valence-electron chi connectivity index (χ1n) is 15.6. The van der Waals surface area contributed by atoms with E-state index in [0.29, 0.717) is 28.6 Å². The standard InChI is InChI=1S/C31H48O2.C2H6/c1-19(10-13-27-29(2,3)33-27)23-11-12-24-28-22-9-7-6-8-21(22)26-18-20(32)14-16-31(26,5)25(28)15-17-30(23,24)4;1-2/h18-19,21-25,27-28H,6-17H2,1-5H3;1-2H3/t19?,21?,22?,23?,24-,25-,27?,28?,30?,31?;/m0./s1. The third-order valence-corrected chi connectivity index (χ3v) is 12.5. The largest absolute Gasteiger partial charge is 0.367 e. The molecular formula is C33H54O2. The summed E-state index contributed by atoms with van der Waals surface area (Å²) >= 11 is 0. The van der Waals surface area contributed by atoms with Crippen LogP contribution in [0.15, 0.2) is 11.6 Å². The number of fused-ring (bicyclic) bond motifs is 8. The van der Waals surface area contributed by atoms with Crippen LogP contribution in [0.25, 0.3) is 0 Å². The van der Waals surface area contributed by atoms with Crippen molar-refractivity contribution in [3.63, 3.8) is 0 Å². The first-order valence-corrected chi connectivity index (χ1v) is 15.6. The summed E-state index contributed by atoms with van der Waals surface area (Å²) in [6, 6.07) is 0. The maximum Gasteiger partial charge on any atom is 0.155 e. The van der Waals surface area contributed by atoms with Gasteiger partial charge in [0.2, 0.25) is 0 Å². The minimum atomic E-state index is 0.139. The summed E-state index contributed by atoms with van der Waals surface area (Å²) in [5.41, 5.74) is 2.59. The van der Waals surface area contributed by atoms with Gasteiger partial charge in [-0.2, -0.15) is 0 Å². The van der Waals surface area contributed by atoms with Crippen LogP contribution in [0.3, 0.4) is 0 Å². The van der Waals surface area contributed by atoms with Gasteiger partial charge in [0, 0.05) is 6.42 Å². The molecule has 8 unspecified atom stereocenters. The van der Waals surface area contributed by atoms with Crippen LogP contribution in [0.4, 0.5) is 0 Å². The molecule has 0 aromatic heterocycles. The van der Waals surface area contributed by atoms with Crippen LogP contribution in [0.2, 0.25) is 0 Å². The lowest BCUT2D eigenvalue weighted by atomic mass is 9.41. The molecule has 6 aliphatic rings. The molecule has 0 radical (unpaired) electrons. The highest BCUT2D eigenvalue weighted by atomic mass is 16.6. The van der Waals surface area contributed by atoms with Crippen molar-refractivity contribution in [1.82, 2.24) is 0 Å². The second-order valence-corrected chi connectivity index (χ2v) is 14.3. The van der Waals surface area contributed by atoms with E-state index in [1.807, 2.05) is 13.8 Å². The van der Waals surface area contributed by atoms with E-state index in [4.69, 9.17) is 4.74 Å². The lowest BCUT2D eigenvalue weighted by Crippen LogP contribution is -2.57. The van der Waals surface area contributed by atoms with Gasteiger partial charge in [0.25, 0.3) is 0 Å². The van der Waals surface area contributed by atoms with Crippen molar-refractivity contribution in [2.24, 2.45) is 52.3 Å². The van der Waals surface area contributed by atoms with Gasteiger partial charge in [-0.25, -0.2) is 0 Å². The van der Waals surface area contributed by atoms with Crippen molar-refractivity contribution in [2.45, 2.75) is 137 Å². The van der Waals surface area contributed by atoms with Gasteiger partial charge >= 0.3 is 0 Å². The smallest absolute Gasteiger partial charge is 0.155 e. The molecule has 0 spiro atoms. The molecular weight excluding hydrogens is 428 g/mol. The van der Waals surface area contributed by atoms with E-state index in [9.17, 15) is 4.79 Å². The molecule has 2 nitrogen and oxygen atoms in total. The molecule has 0 aromatic rings. The molecule has 0 aromatic carbocycles. The van der Waals surface area contributed by atoms with Crippen LogP contribution in [0.5, 0.6) is 0 Å². The van der Waals surface area contributed by atoms with Crippen molar-refractivity contribution in [1.29, 1.82) is 0 Å². The van der Waals surface area contributed by atoms with Crippen molar-refractivity contribution in [3.05, 3.63) is 11.6 Å². The van der Waals surface area contributed by atoms with Crippen molar-refractivity contribution < 1.29 is 9.53 Å². The van der Waals surface area contributed by atoms with Gasteiger partial charge in [-0.05, 0) is 130 Å². The average Bonchev–Trinajstić information content (AvgIpc) is 3.30. The number of hydrogen-bond acceptors (Lipinski definition) is 2. The summed E-state index contributed by atoms with van der Waals surface area (Å²) in [4.78, 5) is 12.5. The fourth-order valence-electron chi connectivity index (χ4n) is 10.7. The fraction of sp³-hybridized carbons (Fsp3) is 0.909. The lowest BCUT2D eigenvalue weighted by molar-refractivity contribution is -0.124. The Labute approximate surface area is 216 Å². The molecule has 6 rings (SSSR count). The van der Waals surface area contributed by atoms with E-state index >= 15 is 0 Å². The summed E-state index contributed by atoms with van der Waals surface area (Å²) in [5.74, 6) is 6.35. The Balaban J connectivity index is 0.00000124. The van der Waals surface area contributed by atoms with E-state index in [1.54, 1.807) is 5.57 Å². The zero-order valence-corrected chi connectivity index (χ0v) is 24.0. The quantitative estimate of drug-likeness (QED) is 0.375. The van der Waals surface area contributed by atoms with Gasteiger partial charge in [0.05, 0.1) is 11.7 Å². The van der Waals surface area contributed by atoms with E-state index in [0.717, 1.165) is 48.3 Å². The predicted octanol–water partition coefficient (Wildman–Crippen LogP) is 8.78. The Morgan fingerprint density at radius 3 is 2.40 bits per heavy atom. The monoisotopic (exact) mass is 482 g/mol. The number of epoxide rings is 1. The second kappa shape index (κ2) is 9.28.